The standard InChI is InChI=1S/C56H82O31/c57-17-8-29-36-30(9-17)82-47-35(18(51(73)74)10-28(65)41(47)69)37(36)48(45(81-29)14-1-2-21(58)22(59)3-14)83-31-12-20-34(44(72)42(31)70)33-19(11-27(64)40(68)43(33)71)55(78)85-46-32(13-80-54(20)77)84-56(79)50(87-53(76)16-6-25(62)39(67)26(63)7-16)49(46)86-52(75)15-4-23(60)38(66)24(61)5-15/h14-50,56-72,79H,1-13H2,(H,73,74)/t14?,15?,16?,17?,18?,19?,20?,21?,22?,23?,24?,25?,26?,27?,28?,29?,30?,31?,32-,33?,34?,35?,36?,37?,38?,39?,40?,41?,42?,43?,44?,45?,46-,47?,48?,49+,50-,56-/m1/s1. The molecule has 11 fully saturated rings. The molecule has 31 nitrogen and oxygen atoms in total. The number of carbonyl (C=O) groups is 5. The lowest BCUT2D eigenvalue weighted by Crippen LogP contribution is -2.72. The summed E-state index contributed by atoms with van der Waals surface area (Å²) in [6, 6.07) is 0. The number of esters is 4. The third kappa shape index (κ3) is 12.1. The number of fused-ring (bicyclic) bond motifs is 6. The maximum atomic E-state index is 15.2. The summed E-state index contributed by atoms with van der Waals surface area (Å²) in [4.78, 5) is 71.7. The van der Waals surface area contributed by atoms with Crippen molar-refractivity contribution in [3.05, 3.63) is 0 Å². The number of ether oxygens (including phenoxy) is 8. The fourth-order valence-corrected chi connectivity index (χ4v) is 17.1. The van der Waals surface area contributed by atoms with Crippen LogP contribution in [0.4, 0.5) is 0 Å². The normalized spacial score (nSPS) is 54.4. The average molecular weight is 1250 g/mol. The summed E-state index contributed by atoms with van der Waals surface area (Å²) in [6.07, 6.45) is -49.3. The maximum Gasteiger partial charge on any atom is 0.309 e. The number of aliphatic carboxylic acids is 1. The molecule has 0 spiro atoms. The monoisotopic (exact) mass is 1250 g/mol. The van der Waals surface area contributed by atoms with Crippen LogP contribution in [0, 0.1) is 65.1 Å². The van der Waals surface area contributed by atoms with E-state index in [2.05, 4.69) is 0 Å². The fraction of sp³-hybridized carbons (Fsp3) is 0.911. The van der Waals surface area contributed by atoms with Crippen LogP contribution in [-0.2, 0) is 61.9 Å². The molecular formula is C56H82O31. The molecule has 4 aliphatic heterocycles. The van der Waals surface area contributed by atoms with Crippen LogP contribution in [0.5, 0.6) is 0 Å². The Morgan fingerprint density at radius 1 is 0.414 bits per heavy atom. The van der Waals surface area contributed by atoms with E-state index in [0.29, 0.717) is 0 Å². The summed E-state index contributed by atoms with van der Waals surface area (Å²) in [5.41, 5.74) is 0. The molecule has 492 valence electrons. The summed E-state index contributed by atoms with van der Waals surface area (Å²) >= 11 is 0. The first-order valence-corrected chi connectivity index (χ1v) is 30.3. The zero-order valence-corrected chi connectivity index (χ0v) is 47.0. The Balaban J connectivity index is 0.954. The molecule has 18 N–H and O–H groups in total. The van der Waals surface area contributed by atoms with E-state index in [1.165, 1.54) is 0 Å². The lowest BCUT2D eigenvalue weighted by molar-refractivity contribution is -0.333. The number of carboxylic acids is 1. The lowest BCUT2D eigenvalue weighted by Gasteiger charge is -2.63. The molecule has 4 saturated heterocycles. The minimum Gasteiger partial charge on any atom is -0.481 e. The molecule has 0 radical (unpaired) electrons. The smallest absolute Gasteiger partial charge is 0.309 e. The second-order valence-corrected chi connectivity index (χ2v) is 26.6. The van der Waals surface area contributed by atoms with Crippen LogP contribution >= 0.6 is 0 Å². The number of hydrogen-bond acceptors (Lipinski definition) is 30. The van der Waals surface area contributed by atoms with E-state index in [9.17, 15) is 106 Å². The van der Waals surface area contributed by atoms with Gasteiger partial charge in [-0.3, -0.25) is 24.0 Å². The molecule has 87 heavy (non-hydrogen) atoms. The average Bonchev–Trinajstić information content (AvgIpc) is 0.974. The number of carboxylic acid groups (broad SMARTS) is 1. The summed E-state index contributed by atoms with van der Waals surface area (Å²) in [5.74, 6) is -21.9. The third-order valence-electron chi connectivity index (χ3n) is 21.5. The number of aliphatic hydroxyl groups excluding tert-OH is 17. The van der Waals surface area contributed by atoms with Gasteiger partial charge in [0.15, 0.2) is 24.6 Å². The molecule has 0 aromatic carbocycles. The molecular weight excluding hydrogens is 1170 g/mol. The first kappa shape index (κ1) is 65.0. The van der Waals surface area contributed by atoms with Gasteiger partial charge in [-0.1, -0.05) is 0 Å². The molecule has 34 atom stereocenters. The first-order valence-electron chi connectivity index (χ1n) is 30.3. The predicted octanol–water partition coefficient (Wildman–Crippen LogP) is -8.30. The highest BCUT2D eigenvalue weighted by molar-refractivity contribution is 5.77. The number of hydrogen-bond donors (Lipinski definition) is 18. The lowest BCUT2D eigenvalue weighted by atomic mass is 9.55. The van der Waals surface area contributed by atoms with Crippen LogP contribution in [0.1, 0.15) is 77.0 Å². The van der Waals surface area contributed by atoms with Crippen molar-refractivity contribution < 1.29 is 154 Å². The predicted molar refractivity (Wildman–Crippen MR) is 275 cm³/mol. The van der Waals surface area contributed by atoms with Gasteiger partial charge >= 0.3 is 29.8 Å². The van der Waals surface area contributed by atoms with Crippen molar-refractivity contribution in [2.45, 2.75) is 242 Å². The zero-order valence-electron chi connectivity index (χ0n) is 47.0. The molecule has 31 heteroatoms. The summed E-state index contributed by atoms with van der Waals surface area (Å²) in [5, 5.41) is 200. The molecule has 11 rings (SSSR count). The second-order valence-electron chi connectivity index (χ2n) is 26.6. The SMILES string of the molecule is O=C(O[C@@H]1[C@@H](OC(=O)C2CC(O)C(O)C(O)C2)[C@H](O)O[C@@H]2COC(=O)C3CC(OC4C(C5CCC(O)C(O)C5)OC5CC(O)CC6OC7C(O)C(O)CC(C(=O)O)C7C4C56)C(O)C(O)C3C3C(CC(O)C(O)C3O)C(=O)O[C@@H]12)C1CC(O)C(O)C(O)C1. The number of cyclic esters (lactones) is 1. The minimum atomic E-state index is -2.38. The highest BCUT2D eigenvalue weighted by Crippen LogP contribution is 2.58. The Morgan fingerprint density at radius 2 is 0.943 bits per heavy atom. The van der Waals surface area contributed by atoms with Crippen molar-refractivity contribution in [1.82, 2.24) is 0 Å². The van der Waals surface area contributed by atoms with Gasteiger partial charge in [-0.2, -0.15) is 0 Å². The van der Waals surface area contributed by atoms with Crippen LogP contribution in [0.15, 0.2) is 0 Å². The maximum absolute atomic E-state index is 15.2. The quantitative estimate of drug-likeness (QED) is 0.0793. The van der Waals surface area contributed by atoms with Crippen molar-refractivity contribution in [3.63, 3.8) is 0 Å². The Kier molecular flexibility index (Phi) is 19.1. The van der Waals surface area contributed by atoms with Crippen LogP contribution in [0.3, 0.4) is 0 Å². The Morgan fingerprint density at radius 3 is 1.52 bits per heavy atom. The van der Waals surface area contributed by atoms with Gasteiger partial charge in [0.2, 0.25) is 0 Å². The molecule has 4 heterocycles. The molecule has 7 saturated carbocycles. The van der Waals surface area contributed by atoms with Gasteiger partial charge in [-0.05, 0) is 83.0 Å². The Labute approximate surface area is 496 Å². The summed E-state index contributed by atoms with van der Waals surface area (Å²) in [7, 11) is 0. The van der Waals surface area contributed by atoms with Crippen molar-refractivity contribution in [2.75, 3.05) is 6.61 Å². The van der Waals surface area contributed by atoms with Gasteiger partial charge in [0, 0.05) is 29.6 Å². The zero-order chi connectivity index (χ0) is 62.7. The molecule has 0 bridgehead atoms. The molecule has 29 unspecified atom stereocenters. The van der Waals surface area contributed by atoms with E-state index < -0.39 is 311 Å². The molecule has 0 aromatic heterocycles. The fourth-order valence-electron chi connectivity index (χ4n) is 17.1. The van der Waals surface area contributed by atoms with Crippen molar-refractivity contribution in [1.29, 1.82) is 0 Å². The number of carbonyl (C=O) groups excluding carboxylic acids is 4. The molecule has 0 aromatic rings. The van der Waals surface area contributed by atoms with E-state index in [4.69, 9.17) is 37.9 Å². The number of aliphatic hydroxyl groups is 17. The van der Waals surface area contributed by atoms with E-state index >= 15 is 9.59 Å². The first-order chi connectivity index (χ1) is 41.1. The largest absolute Gasteiger partial charge is 0.481 e. The van der Waals surface area contributed by atoms with Crippen LogP contribution in [0.2, 0.25) is 0 Å². The van der Waals surface area contributed by atoms with E-state index in [0.717, 1.165) is 0 Å². The second kappa shape index (κ2) is 25.5. The van der Waals surface area contributed by atoms with Gasteiger partial charge in [0.25, 0.3) is 0 Å². The third-order valence-corrected chi connectivity index (χ3v) is 21.5. The van der Waals surface area contributed by atoms with E-state index in [-0.39, 0.29) is 32.1 Å². The minimum absolute atomic E-state index is 0.0234. The number of rotatable bonds is 8. The van der Waals surface area contributed by atoms with Gasteiger partial charge in [0.1, 0.15) is 43.2 Å². The van der Waals surface area contributed by atoms with Crippen LogP contribution in [-0.4, -0.2) is 293 Å². The molecule has 0 amide bonds. The summed E-state index contributed by atoms with van der Waals surface area (Å²) < 4.78 is 49.6. The molecule has 11 aliphatic rings. The van der Waals surface area contributed by atoms with Gasteiger partial charge in [-0.15, -0.1) is 0 Å². The van der Waals surface area contributed by atoms with Crippen LogP contribution in [0.25, 0.3) is 0 Å². The highest BCUT2D eigenvalue weighted by Gasteiger charge is 2.67. The van der Waals surface area contributed by atoms with Crippen molar-refractivity contribution in [2.24, 2.45) is 65.1 Å². The van der Waals surface area contributed by atoms with Gasteiger partial charge in [-0.25, -0.2) is 0 Å². The highest BCUT2D eigenvalue weighted by atomic mass is 16.7. The van der Waals surface area contributed by atoms with E-state index in [1.54, 1.807) is 0 Å². The van der Waals surface area contributed by atoms with Gasteiger partial charge < -0.3 is 130 Å². The molecule has 7 aliphatic carbocycles. The van der Waals surface area contributed by atoms with Crippen LogP contribution < -0.4 is 0 Å². The topological polar surface area (TPSA) is 523 Å². The van der Waals surface area contributed by atoms with E-state index in [1.807, 2.05) is 0 Å². The van der Waals surface area contributed by atoms with Gasteiger partial charge in [0.05, 0.1) is 133 Å². The Bertz CT molecular complexity index is 2470. The van der Waals surface area contributed by atoms with Crippen molar-refractivity contribution in [3.8, 4) is 0 Å². The Hall–Kier alpha value is -3.49. The van der Waals surface area contributed by atoms with Crippen molar-refractivity contribution >= 4 is 29.8 Å². The summed E-state index contributed by atoms with van der Waals surface area (Å²) in [6.45, 7) is -1.05.